The molecule has 3 heterocycles. The first-order chi connectivity index (χ1) is 11.8. The van der Waals surface area contributed by atoms with Gasteiger partial charge in [-0.25, -0.2) is 4.98 Å². The van der Waals surface area contributed by atoms with Gasteiger partial charge in [0.15, 0.2) is 0 Å². The van der Waals surface area contributed by atoms with Crippen molar-refractivity contribution in [3.63, 3.8) is 0 Å². The quantitative estimate of drug-likeness (QED) is 0.710. The average Bonchev–Trinajstić information content (AvgIpc) is 2.66. The average molecular weight is 404 g/mol. The van der Waals surface area contributed by atoms with Crippen LogP contribution in [-0.2, 0) is 0 Å². The molecular weight excluding hydrogens is 373 g/mol. The standard InChI is InChI=1S/C18H29N5O.2ClH/c24-18(21-8-5-11-22-14-9-19-10-15-22)16-6-4-7-20-17(16)23-12-2-1-3-13-23;;/h4,6-7,19H,1-3,5,8-15H2,(H,21,24);2*1H. The van der Waals surface area contributed by atoms with Crippen LogP contribution in [0.1, 0.15) is 36.0 Å². The van der Waals surface area contributed by atoms with Crippen LogP contribution >= 0.6 is 24.8 Å². The van der Waals surface area contributed by atoms with Crippen LogP contribution < -0.4 is 15.5 Å². The second-order valence-corrected chi connectivity index (χ2v) is 6.62. The molecule has 0 atom stereocenters. The zero-order valence-corrected chi connectivity index (χ0v) is 16.9. The molecule has 0 saturated carbocycles. The fraction of sp³-hybridized carbons (Fsp3) is 0.667. The number of piperazine rings is 1. The third-order valence-electron chi connectivity index (χ3n) is 4.83. The summed E-state index contributed by atoms with van der Waals surface area (Å²) in [6.07, 6.45) is 6.41. The lowest BCUT2D eigenvalue weighted by molar-refractivity contribution is 0.0951. The molecule has 8 heteroatoms. The molecule has 6 nitrogen and oxygen atoms in total. The summed E-state index contributed by atoms with van der Waals surface area (Å²) in [7, 11) is 0. The van der Waals surface area contributed by atoms with E-state index in [0.29, 0.717) is 5.56 Å². The van der Waals surface area contributed by atoms with Crippen LogP contribution in [0.15, 0.2) is 18.3 Å². The van der Waals surface area contributed by atoms with Gasteiger partial charge in [-0.1, -0.05) is 0 Å². The highest BCUT2D eigenvalue weighted by Crippen LogP contribution is 2.21. The Morgan fingerprint density at radius 3 is 2.58 bits per heavy atom. The topological polar surface area (TPSA) is 60.5 Å². The maximum atomic E-state index is 12.6. The van der Waals surface area contributed by atoms with Gasteiger partial charge in [0.1, 0.15) is 5.82 Å². The molecule has 2 aliphatic rings. The van der Waals surface area contributed by atoms with E-state index in [1.807, 2.05) is 12.1 Å². The lowest BCUT2D eigenvalue weighted by atomic mass is 10.1. The van der Waals surface area contributed by atoms with Crippen molar-refractivity contribution in [3.05, 3.63) is 23.9 Å². The van der Waals surface area contributed by atoms with Crippen LogP contribution in [0.2, 0.25) is 0 Å². The molecule has 1 aromatic heterocycles. The Bertz CT molecular complexity index is 534. The number of carbonyl (C=O) groups is 1. The molecule has 26 heavy (non-hydrogen) atoms. The molecular formula is C18H31Cl2N5O. The maximum Gasteiger partial charge on any atom is 0.255 e. The van der Waals surface area contributed by atoms with Crippen molar-refractivity contribution in [1.29, 1.82) is 0 Å². The molecule has 1 aromatic rings. The van der Waals surface area contributed by atoms with Gasteiger partial charge in [-0.3, -0.25) is 4.79 Å². The van der Waals surface area contributed by atoms with Gasteiger partial charge >= 0.3 is 0 Å². The molecule has 0 spiro atoms. The van der Waals surface area contributed by atoms with Crippen molar-refractivity contribution in [2.75, 3.05) is 57.3 Å². The summed E-state index contributed by atoms with van der Waals surface area (Å²) >= 11 is 0. The first-order valence-corrected chi connectivity index (χ1v) is 9.26. The highest BCUT2D eigenvalue weighted by molar-refractivity contribution is 5.98. The normalized spacial score (nSPS) is 17.8. The van der Waals surface area contributed by atoms with Gasteiger partial charge in [0.05, 0.1) is 5.56 Å². The minimum atomic E-state index is 0. The Hall–Kier alpha value is -1.08. The van der Waals surface area contributed by atoms with E-state index in [4.69, 9.17) is 0 Å². The summed E-state index contributed by atoms with van der Waals surface area (Å²) in [6.45, 7) is 8.12. The number of carbonyl (C=O) groups excluding carboxylic acids is 1. The second-order valence-electron chi connectivity index (χ2n) is 6.62. The lowest BCUT2D eigenvalue weighted by Gasteiger charge is -2.29. The number of anilines is 1. The van der Waals surface area contributed by atoms with Gasteiger partial charge in [0, 0.05) is 52.0 Å². The van der Waals surface area contributed by atoms with Crippen molar-refractivity contribution in [2.24, 2.45) is 0 Å². The van der Waals surface area contributed by atoms with Crippen LogP contribution in [0.4, 0.5) is 5.82 Å². The van der Waals surface area contributed by atoms with E-state index in [0.717, 1.165) is 64.6 Å². The molecule has 0 aromatic carbocycles. The highest BCUT2D eigenvalue weighted by Gasteiger charge is 2.19. The Morgan fingerprint density at radius 2 is 1.85 bits per heavy atom. The molecule has 148 valence electrons. The number of amides is 1. The first-order valence-electron chi connectivity index (χ1n) is 9.26. The number of piperidine rings is 1. The third-order valence-corrected chi connectivity index (χ3v) is 4.83. The van der Waals surface area contributed by atoms with E-state index in [2.05, 4.69) is 25.4 Å². The van der Waals surface area contributed by atoms with Crippen LogP contribution in [0, 0.1) is 0 Å². The van der Waals surface area contributed by atoms with Gasteiger partial charge in [0.2, 0.25) is 0 Å². The van der Waals surface area contributed by atoms with Gasteiger partial charge in [-0.2, -0.15) is 0 Å². The lowest BCUT2D eigenvalue weighted by Crippen LogP contribution is -2.44. The number of rotatable bonds is 6. The summed E-state index contributed by atoms with van der Waals surface area (Å²) in [5, 5.41) is 6.43. The van der Waals surface area contributed by atoms with Crippen LogP contribution in [0.5, 0.6) is 0 Å². The van der Waals surface area contributed by atoms with Crippen molar-refractivity contribution in [2.45, 2.75) is 25.7 Å². The summed E-state index contributed by atoms with van der Waals surface area (Å²) in [6, 6.07) is 3.74. The van der Waals surface area contributed by atoms with Crippen molar-refractivity contribution in [3.8, 4) is 0 Å². The van der Waals surface area contributed by atoms with E-state index in [9.17, 15) is 4.79 Å². The summed E-state index contributed by atoms with van der Waals surface area (Å²) in [5.41, 5.74) is 0.710. The predicted octanol–water partition coefficient (Wildman–Crippen LogP) is 1.94. The van der Waals surface area contributed by atoms with E-state index >= 15 is 0 Å². The fourth-order valence-electron chi connectivity index (χ4n) is 3.47. The number of halogens is 2. The number of hydrogen-bond acceptors (Lipinski definition) is 5. The Balaban J connectivity index is 0.00000169. The van der Waals surface area contributed by atoms with Crippen LogP contribution in [0.3, 0.4) is 0 Å². The number of aromatic nitrogens is 1. The van der Waals surface area contributed by atoms with Gasteiger partial charge < -0.3 is 20.4 Å². The molecule has 0 radical (unpaired) electrons. The zero-order chi connectivity index (χ0) is 16.6. The first kappa shape index (κ1) is 23.0. The van der Waals surface area contributed by atoms with E-state index in [1.165, 1.54) is 19.3 Å². The zero-order valence-electron chi connectivity index (χ0n) is 15.3. The highest BCUT2D eigenvalue weighted by atomic mass is 35.5. The van der Waals surface area contributed by atoms with Gasteiger partial charge in [-0.15, -0.1) is 24.8 Å². The maximum absolute atomic E-state index is 12.6. The molecule has 0 aliphatic carbocycles. The summed E-state index contributed by atoms with van der Waals surface area (Å²) in [4.78, 5) is 21.7. The molecule has 2 N–H and O–H groups in total. The van der Waals surface area contributed by atoms with E-state index in [1.54, 1.807) is 6.20 Å². The summed E-state index contributed by atoms with van der Waals surface area (Å²) in [5.74, 6) is 0.848. The molecule has 2 aliphatic heterocycles. The molecule has 2 fully saturated rings. The SMILES string of the molecule is Cl.Cl.O=C(NCCCN1CCNCC1)c1cccnc1N1CCCCC1. The molecule has 0 bridgehead atoms. The predicted molar refractivity (Wildman–Crippen MR) is 111 cm³/mol. The van der Waals surface area contributed by atoms with Crippen molar-refractivity contribution >= 4 is 36.5 Å². The smallest absolute Gasteiger partial charge is 0.255 e. The monoisotopic (exact) mass is 403 g/mol. The number of hydrogen-bond donors (Lipinski definition) is 2. The van der Waals surface area contributed by atoms with Gasteiger partial charge in [0.25, 0.3) is 5.91 Å². The minimum Gasteiger partial charge on any atom is -0.356 e. The van der Waals surface area contributed by atoms with Crippen molar-refractivity contribution in [1.82, 2.24) is 20.5 Å². The van der Waals surface area contributed by atoms with Gasteiger partial charge in [-0.05, 0) is 44.4 Å². The molecule has 0 unspecified atom stereocenters. The Morgan fingerprint density at radius 1 is 1.12 bits per heavy atom. The molecule has 3 rings (SSSR count). The number of nitrogens with zero attached hydrogens (tertiary/aromatic N) is 3. The van der Waals surface area contributed by atoms with E-state index in [-0.39, 0.29) is 30.7 Å². The van der Waals surface area contributed by atoms with Crippen LogP contribution in [0.25, 0.3) is 0 Å². The van der Waals surface area contributed by atoms with Crippen LogP contribution in [-0.4, -0.2) is 68.1 Å². The largest absolute Gasteiger partial charge is 0.356 e. The Kier molecular flexibility index (Phi) is 10.9. The summed E-state index contributed by atoms with van der Waals surface area (Å²) < 4.78 is 0. The Labute approximate surface area is 168 Å². The molecule has 1 amide bonds. The third kappa shape index (κ3) is 6.58. The fourth-order valence-corrected chi connectivity index (χ4v) is 3.47. The number of nitrogens with one attached hydrogen (secondary N) is 2. The van der Waals surface area contributed by atoms with Crippen molar-refractivity contribution < 1.29 is 4.79 Å². The number of pyridine rings is 1. The molecule has 2 saturated heterocycles. The second kappa shape index (κ2) is 12.3. The van der Waals surface area contributed by atoms with E-state index < -0.39 is 0 Å². The minimum absolute atomic E-state index is 0.